The van der Waals surface area contributed by atoms with E-state index in [0.29, 0.717) is 0 Å². The summed E-state index contributed by atoms with van der Waals surface area (Å²) in [6, 6.07) is 0. The zero-order valence-electron chi connectivity index (χ0n) is 11.8. The summed E-state index contributed by atoms with van der Waals surface area (Å²) in [6.45, 7) is 0. The molecular weight excluding hydrogens is 279 g/mol. The lowest BCUT2D eigenvalue weighted by Crippen LogP contribution is -2.40. The molecule has 0 saturated heterocycles. The van der Waals surface area contributed by atoms with E-state index in [-0.39, 0.29) is 5.29 Å². The molecule has 0 heterocycles. The predicted octanol–water partition coefficient (Wildman–Crippen LogP) is 0.222. The minimum Gasteiger partial charge on any atom is -0.467 e. The number of carbonyl (C=O) groups is 2. The molecule has 0 aromatic carbocycles. The molecule has 0 saturated carbocycles. The molecule has 112 valence electrons. The molecule has 1 atom stereocenters. The third-order valence-corrected chi connectivity index (χ3v) is 4.76. The fourth-order valence-electron chi connectivity index (χ4n) is 1.41. The van der Waals surface area contributed by atoms with Gasteiger partial charge in [0.25, 0.3) is 7.57 Å². The largest absolute Gasteiger partial charge is 0.467 e. The molecule has 0 aliphatic heterocycles. The Kier molecular flexibility index (Phi) is 7.89. The van der Waals surface area contributed by atoms with Crippen molar-refractivity contribution < 1.29 is 37.4 Å². The van der Waals surface area contributed by atoms with Crippen molar-refractivity contribution in [1.29, 1.82) is 0 Å². The first-order valence-electron chi connectivity index (χ1n) is 5.10. The maximum absolute atomic E-state index is 11.9. The predicted molar refractivity (Wildman–Crippen MR) is 67.8 cm³/mol. The standard InChI is InChI=1S/C10H19O8P/c1-13-7(9(11)14-2)8(10(12)15-3)19(16-4,17-5)18-6/h7H,1-6H3. The Bertz CT molecular complexity index is 359. The lowest BCUT2D eigenvalue weighted by atomic mass is 10.2. The first-order valence-corrected chi connectivity index (χ1v) is 6.64. The average Bonchev–Trinajstić information content (AvgIpc) is 2.46. The number of methoxy groups -OCH3 is 3. The summed E-state index contributed by atoms with van der Waals surface area (Å²) in [4.78, 5) is 23.6. The number of ether oxygens (including phenoxy) is 3. The first-order chi connectivity index (χ1) is 8.97. The van der Waals surface area contributed by atoms with E-state index in [0.717, 1.165) is 14.2 Å². The Hall–Kier alpha value is -0.920. The van der Waals surface area contributed by atoms with Gasteiger partial charge in [-0.1, -0.05) is 0 Å². The van der Waals surface area contributed by atoms with Gasteiger partial charge in [-0.3, -0.25) is 0 Å². The van der Waals surface area contributed by atoms with Gasteiger partial charge in [-0.15, -0.1) is 0 Å². The van der Waals surface area contributed by atoms with Crippen LogP contribution in [-0.2, 0) is 37.4 Å². The molecular formula is C10H19O8P. The van der Waals surface area contributed by atoms with Crippen LogP contribution in [0.1, 0.15) is 0 Å². The average molecular weight is 298 g/mol. The van der Waals surface area contributed by atoms with E-state index >= 15 is 0 Å². The number of hydrogen-bond acceptors (Lipinski definition) is 8. The van der Waals surface area contributed by atoms with Crippen LogP contribution in [0.2, 0.25) is 0 Å². The zero-order valence-corrected chi connectivity index (χ0v) is 12.7. The van der Waals surface area contributed by atoms with E-state index in [1.807, 2.05) is 0 Å². The van der Waals surface area contributed by atoms with Crippen LogP contribution < -0.4 is 0 Å². The van der Waals surface area contributed by atoms with Crippen molar-refractivity contribution in [2.75, 3.05) is 42.7 Å². The molecule has 19 heavy (non-hydrogen) atoms. The van der Waals surface area contributed by atoms with Gasteiger partial charge in [-0.2, -0.15) is 0 Å². The van der Waals surface area contributed by atoms with E-state index in [4.69, 9.17) is 18.3 Å². The van der Waals surface area contributed by atoms with E-state index in [1.165, 1.54) is 28.4 Å². The molecule has 9 heteroatoms. The molecule has 0 amide bonds. The summed E-state index contributed by atoms with van der Waals surface area (Å²) in [5.74, 6) is -1.63. The molecule has 0 N–H and O–H groups in total. The van der Waals surface area contributed by atoms with Crippen LogP contribution in [0, 0.1) is 0 Å². The van der Waals surface area contributed by atoms with E-state index in [9.17, 15) is 9.59 Å². The van der Waals surface area contributed by atoms with Crippen molar-refractivity contribution in [1.82, 2.24) is 0 Å². The highest BCUT2D eigenvalue weighted by Gasteiger charge is 2.40. The van der Waals surface area contributed by atoms with Gasteiger partial charge in [0.1, 0.15) is 0 Å². The smallest absolute Gasteiger partial charge is 0.344 e. The maximum Gasteiger partial charge on any atom is 0.344 e. The van der Waals surface area contributed by atoms with Crippen LogP contribution in [-0.4, -0.2) is 66.0 Å². The van der Waals surface area contributed by atoms with Gasteiger partial charge in [0.15, 0.2) is 11.4 Å². The van der Waals surface area contributed by atoms with Gasteiger partial charge in [0.05, 0.1) is 14.2 Å². The molecule has 0 aliphatic carbocycles. The van der Waals surface area contributed by atoms with Gasteiger partial charge in [-0.05, 0) is 0 Å². The molecule has 0 spiro atoms. The Balaban J connectivity index is 6.13. The molecule has 1 unspecified atom stereocenters. The van der Waals surface area contributed by atoms with Crippen LogP contribution in [0.5, 0.6) is 0 Å². The van der Waals surface area contributed by atoms with Gasteiger partial charge in [0, 0.05) is 28.4 Å². The molecule has 0 aromatic rings. The van der Waals surface area contributed by atoms with Crippen molar-refractivity contribution in [2.24, 2.45) is 0 Å². The molecule has 0 bridgehead atoms. The Morgan fingerprint density at radius 3 is 1.58 bits per heavy atom. The lowest BCUT2D eigenvalue weighted by Gasteiger charge is -2.26. The van der Waals surface area contributed by atoms with Crippen molar-refractivity contribution in [3.63, 3.8) is 0 Å². The highest BCUT2D eigenvalue weighted by Crippen LogP contribution is 2.51. The molecule has 0 fully saturated rings. The minimum absolute atomic E-state index is 0.211. The van der Waals surface area contributed by atoms with Crippen molar-refractivity contribution in [2.45, 2.75) is 6.10 Å². The Labute approximate surface area is 112 Å². The monoisotopic (exact) mass is 298 g/mol. The Morgan fingerprint density at radius 2 is 1.32 bits per heavy atom. The molecule has 0 radical (unpaired) electrons. The first kappa shape index (κ1) is 18.1. The maximum atomic E-state index is 11.9. The second-order valence-electron chi connectivity index (χ2n) is 3.06. The molecule has 0 aliphatic rings. The fraction of sp³-hybridized carbons (Fsp3) is 0.700. The van der Waals surface area contributed by atoms with E-state index in [2.05, 4.69) is 9.47 Å². The van der Waals surface area contributed by atoms with Crippen LogP contribution >= 0.6 is 7.57 Å². The SMILES string of the molecule is COC(=O)C(C(OC)C(=O)OC)=P(OC)(OC)OC. The quantitative estimate of drug-likeness (QED) is 0.487. The normalized spacial score (nSPS) is 12.7. The summed E-state index contributed by atoms with van der Waals surface area (Å²) in [6.07, 6.45) is -1.34. The van der Waals surface area contributed by atoms with Crippen molar-refractivity contribution in [3.8, 4) is 0 Å². The van der Waals surface area contributed by atoms with Gasteiger partial charge in [0.2, 0.25) is 0 Å². The second kappa shape index (κ2) is 8.29. The second-order valence-corrected chi connectivity index (χ2v) is 5.63. The fourth-order valence-corrected chi connectivity index (χ4v) is 3.26. The van der Waals surface area contributed by atoms with E-state index < -0.39 is 25.6 Å². The van der Waals surface area contributed by atoms with Crippen LogP contribution in [0.15, 0.2) is 0 Å². The minimum atomic E-state index is -3.25. The topological polar surface area (TPSA) is 89.5 Å². The number of carbonyl (C=O) groups excluding carboxylic acids is 2. The number of hydrogen-bond donors (Lipinski definition) is 0. The highest BCUT2D eigenvalue weighted by molar-refractivity contribution is 7.64. The summed E-state index contributed by atoms with van der Waals surface area (Å²) < 4.78 is 29.6. The van der Waals surface area contributed by atoms with Crippen molar-refractivity contribution >= 4 is 24.8 Å². The number of esters is 2. The summed E-state index contributed by atoms with van der Waals surface area (Å²) in [7, 11) is 4.16. The van der Waals surface area contributed by atoms with E-state index in [1.54, 1.807) is 0 Å². The van der Waals surface area contributed by atoms with Gasteiger partial charge >= 0.3 is 11.9 Å². The Morgan fingerprint density at radius 1 is 0.842 bits per heavy atom. The zero-order chi connectivity index (χ0) is 15.1. The summed E-state index contributed by atoms with van der Waals surface area (Å²) in [5.41, 5.74) is 0. The molecule has 0 rings (SSSR count). The highest BCUT2D eigenvalue weighted by atomic mass is 31.2. The third kappa shape index (κ3) is 3.77. The van der Waals surface area contributed by atoms with Crippen molar-refractivity contribution in [3.05, 3.63) is 0 Å². The van der Waals surface area contributed by atoms with Crippen LogP contribution in [0.25, 0.3) is 0 Å². The van der Waals surface area contributed by atoms with Gasteiger partial charge < -0.3 is 27.8 Å². The van der Waals surface area contributed by atoms with Crippen LogP contribution in [0.3, 0.4) is 0 Å². The summed E-state index contributed by atoms with van der Waals surface area (Å²) in [5, 5.41) is -0.211. The molecule has 8 nitrogen and oxygen atoms in total. The lowest BCUT2D eigenvalue weighted by molar-refractivity contribution is -0.149. The number of rotatable bonds is 7. The third-order valence-electron chi connectivity index (χ3n) is 2.31. The molecule has 0 aromatic heterocycles. The summed E-state index contributed by atoms with van der Waals surface area (Å²) >= 11 is 0. The van der Waals surface area contributed by atoms with Gasteiger partial charge in [-0.25, -0.2) is 9.59 Å². The van der Waals surface area contributed by atoms with Crippen LogP contribution in [0.4, 0.5) is 0 Å².